The van der Waals surface area contributed by atoms with E-state index in [1.165, 1.54) is 29.6 Å². The van der Waals surface area contributed by atoms with Gasteiger partial charge >= 0.3 is 5.97 Å². The van der Waals surface area contributed by atoms with E-state index in [0.29, 0.717) is 24.5 Å². The lowest BCUT2D eigenvalue weighted by Gasteiger charge is -2.26. The number of ether oxygens (including phenoxy) is 3. The number of sulfonamides is 1. The molecule has 1 aliphatic rings. The molecule has 0 atom stereocenters. The minimum atomic E-state index is -3.87. The van der Waals surface area contributed by atoms with Crippen LogP contribution in [0.5, 0.6) is 11.5 Å². The number of esters is 1. The summed E-state index contributed by atoms with van der Waals surface area (Å²) in [5.74, 6) is -0.194. The standard InChI is InChI=1S/C24H21NO7S/c1-29-22-8-6-16(14-23(22)33(27,28)25-10-12-30-13-11-25)24(26)31-17-7-9-21-19(15-17)18-4-2-3-5-20(18)32-21/h2-9,14-15H,10-13H2,1H3. The number of hydrogen-bond donors (Lipinski definition) is 0. The molecule has 33 heavy (non-hydrogen) atoms. The van der Waals surface area contributed by atoms with Crippen molar-refractivity contribution in [1.82, 2.24) is 4.31 Å². The summed E-state index contributed by atoms with van der Waals surface area (Å²) in [7, 11) is -2.49. The number of rotatable bonds is 5. The number of methoxy groups -OCH3 is 1. The Morgan fingerprint density at radius 3 is 2.48 bits per heavy atom. The fraction of sp³-hybridized carbons (Fsp3) is 0.208. The molecular formula is C24H21NO7S. The van der Waals surface area contributed by atoms with Crippen molar-refractivity contribution in [2.75, 3.05) is 33.4 Å². The van der Waals surface area contributed by atoms with Gasteiger partial charge in [-0.05, 0) is 42.5 Å². The first-order chi connectivity index (χ1) is 16.0. The maximum Gasteiger partial charge on any atom is 0.343 e. The highest BCUT2D eigenvalue weighted by Crippen LogP contribution is 2.32. The van der Waals surface area contributed by atoms with Crippen LogP contribution in [0.2, 0.25) is 0 Å². The number of fused-ring (bicyclic) bond motifs is 3. The maximum absolute atomic E-state index is 13.2. The number of para-hydroxylation sites is 1. The molecule has 0 spiro atoms. The highest BCUT2D eigenvalue weighted by Gasteiger charge is 2.30. The average Bonchev–Trinajstić information content (AvgIpc) is 3.22. The third kappa shape index (κ3) is 3.95. The molecule has 5 rings (SSSR count). The summed E-state index contributed by atoms with van der Waals surface area (Å²) < 4.78 is 49.5. The quantitative estimate of drug-likeness (QED) is 0.325. The predicted molar refractivity (Wildman–Crippen MR) is 121 cm³/mol. The van der Waals surface area contributed by atoms with Crippen molar-refractivity contribution in [3.63, 3.8) is 0 Å². The van der Waals surface area contributed by atoms with Gasteiger partial charge in [0.25, 0.3) is 0 Å². The Morgan fingerprint density at radius 2 is 1.70 bits per heavy atom. The van der Waals surface area contributed by atoms with Crippen molar-refractivity contribution in [2.45, 2.75) is 4.90 Å². The molecule has 3 aromatic carbocycles. The summed E-state index contributed by atoms with van der Waals surface area (Å²) in [6, 6.07) is 16.9. The van der Waals surface area contributed by atoms with Crippen LogP contribution < -0.4 is 9.47 Å². The second-order valence-corrected chi connectivity index (χ2v) is 9.43. The van der Waals surface area contributed by atoms with E-state index in [4.69, 9.17) is 18.6 Å². The van der Waals surface area contributed by atoms with Crippen LogP contribution in [0.25, 0.3) is 21.9 Å². The molecule has 0 radical (unpaired) electrons. The van der Waals surface area contributed by atoms with E-state index in [-0.39, 0.29) is 29.3 Å². The summed E-state index contributed by atoms with van der Waals surface area (Å²) in [6.45, 7) is 1.10. The van der Waals surface area contributed by atoms with Gasteiger partial charge < -0.3 is 18.6 Å². The largest absolute Gasteiger partial charge is 0.495 e. The van der Waals surface area contributed by atoms with Crippen molar-refractivity contribution < 1.29 is 31.8 Å². The van der Waals surface area contributed by atoms with Gasteiger partial charge in [-0.15, -0.1) is 0 Å². The molecular weight excluding hydrogens is 446 g/mol. The smallest absolute Gasteiger partial charge is 0.343 e. The molecule has 170 valence electrons. The van der Waals surface area contributed by atoms with E-state index in [1.807, 2.05) is 24.3 Å². The van der Waals surface area contributed by atoms with Crippen molar-refractivity contribution in [3.8, 4) is 11.5 Å². The second-order valence-electron chi connectivity index (χ2n) is 7.53. The molecule has 0 amide bonds. The highest BCUT2D eigenvalue weighted by atomic mass is 32.2. The lowest BCUT2D eigenvalue weighted by atomic mass is 10.1. The molecule has 8 nitrogen and oxygen atoms in total. The van der Waals surface area contributed by atoms with E-state index in [0.717, 1.165) is 16.4 Å². The number of furan rings is 1. The van der Waals surface area contributed by atoms with E-state index in [9.17, 15) is 13.2 Å². The zero-order chi connectivity index (χ0) is 23.0. The normalized spacial score (nSPS) is 15.1. The summed E-state index contributed by atoms with van der Waals surface area (Å²) >= 11 is 0. The number of nitrogens with zero attached hydrogens (tertiary/aromatic N) is 1. The van der Waals surface area contributed by atoms with Crippen LogP contribution in [-0.4, -0.2) is 52.1 Å². The topological polar surface area (TPSA) is 95.3 Å². The molecule has 0 bridgehead atoms. The highest BCUT2D eigenvalue weighted by molar-refractivity contribution is 7.89. The Balaban J connectivity index is 1.46. The Labute approximate surface area is 190 Å². The summed E-state index contributed by atoms with van der Waals surface area (Å²) in [4.78, 5) is 12.8. The fourth-order valence-corrected chi connectivity index (χ4v) is 5.46. The lowest BCUT2D eigenvalue weighted by Crippen LogP contribution is -2.40. The molecule has 0 aliphatic carbocycles. The molecule has 0 unspecified atom stereocenters. The SMILES string of the molecule is COc1ccc(C(=O)Oc2ccc3oc4ccccc4c3c2)cc1S(=O)(=O)N1CCOCC1. The van der Waals surface area contributed by atoms with Crippen LogP contribution in [0.15, 0.2) is 70.0 Å². The Bertz CT molecular complexity index is 1450. The van der Waals surface area contributed by atoms with Gasteiger partial charge in [0.05, 0.1) is 25.9 Å². The molecule has 1 fully saturated rings. The van der Waals surface area contributed by atoms with Crippen molar-refractivity contribution in [1.29, 1.82) is 0 Å². The van der Waals surface area contributed by atoms with Gasteiger partial charge in [-0.1, -0.05) is 18.2 Å². The van der Waals surface area contributed by atoms with Gasteiger partial charge in [0, 0.05) is 23.9 Å². The third-order valence-corrected chi connectivity index (χ3v) is 7.47. The third-order valence-electron chi connectivity index (χ3n) is 5.55. The lowest BCUT2D eigenvalue weighted by molar-refractivity contribution is 0.0726. The molecule has 1 aromatic heterocycles. The Kier molecular flexibility index (Phi) is 5.53. The van der Waals surface area contributed by atoms with Crippen molar-refractivity contribution in [3.05, 3.63) is 66.2 Å². The number of benzene rings is 3. The Morgan fingerprint density at radius 1 is 0.939 bits per heavy atom. The van der Waals surface area contributed by atoms with Crippen LogP contribution in [0.3, 0.4) is 0 Å². The zero-order valence-corrected chi connectivity index (χ0v) is 18.6. The minimum absolute atomic E-state index is 0.0855. The molecule has 0 saturated carbocycles. The monoisotopic (exact) mass is 467 g/mol. The molecule has 0 N–H and O–H groups in total. The van der Waals surface area contributed by atoms with Gasteiger partial charge in [-0.3, -0.25) is 0 Å². The van der Waals surface area contributed by atoms with Crippen LogP contribution in [0.4, 0.5) is 0 Å². The minimum Gasteiger partial charge on any atom is -0.495 e. The molecule has 2 heterocycles. The molecule has 9 heteroatoms. The van der Waals surface area contributed by atoms with Gasteiger partial charge in [0.15, 0.2) is 0 Å². The van der Waals surface area contributed by atoms with Gasteiger partial charge in [-0.25, -0.2) is 13.2 Å². The Hall–Kier alpha value is -3.40. The first-order valence-electron chi connectivity index (χ1n) is 10.4. The fourth-order valence-electron chi connectivity index (χ4n) is 3.87. The van der Waals surface area contributed by atoms with Gasteiger partial charge in [0.1, 0.15) is 27.6 Å². The zero-order valence-electron chi connectivity index (χ0n) is 17.8. The molecule has 1 saturated heterocycles. The average molecular weight is 467 g/mol. The van der Waals surface area contributed by atoms with Gasteiger partial charge in [-0.2, -0.15) is 4.31 Å². The van der Waals surface area contributed by atoms with E-state index in [1.54, 1.807) is 18.2 Å². The van der Waals surface area contributed by atoms with E-state index < -0.39 is 16.0 Å². The summed E-state index contributed by atoms with van der Waals surface area (Å²) in [5.41, 5.74) is 1.52. The first-order valence-corrected chi connectivity index (χ1v) is 11.8. The number of morpholine rings is 1. The van der Waals surface area contributed by atoms with Gasteiger partial charge in [0.2, 0.25) is 10.0 Å². The molecule has 1 aliphatic heterocycles. The summed E-state index contributed by atoms with van der Waals surface area (Å²) in [5, 5.41) is 1.73. The van der Waals surface area contributed by atoms with Crippen molar-refractivity contribution >= 4 is 37.9 Å². The second kappa shape index (κ2) is 8.51. The van der Waals surface area contributed by atoms with Crippen LogP contribution in [-0.2, 0) is 14.8 Å². The van der Waals surface area contributed by atoms with Crippen LogP contribution in [0, 0.1) is 0 Å². The number of carbonyl (C=O) groups excluding carboxylic acids is 1. The van der Waals surface area contributed by atoms with Crippen molar-refractivity contribution in [2.24, 2.45) is 0 Å². The van der Waals surface area contributed by atoms with E-state index >= 15 is 0 Å². The number of carbonyl (C=O) groups is 1. The number of hydrogen-bond acceptors (Lipinski definition) is 7. The predicted octanol–water partition coefficient (Wildman–Crippen LogP) is 3.83. The van der Waals surface area contributed by atoms with Crippen LogP contribution in [0.1, 0.15) is 10.4 Å². The summed E-state index contributed by atoms with van der Waals surface area (Å²) in [6.07, 6.45) is 0. The maximum atomic E-state index is 13.2. The first kappa shape index (κ1) is 21.4. The molecule has 4 aromatic rings. The van der Waals surface area contributed by atoms with E-state index in [2.05, 4.69) is 0 Å². The van der Waals surface area contributed by atoms with Crippen LogP contribution >= 0.6 is 0 Å².